The van der Waals surface area contributed by atoms with E-state index >= 15 is 0 Å². The Kier molecular flexibility index (Phi) is 4.00. The number of alkyl halides is 3. The Morgan fingerprint density at radius 3 is 2.89 bits per heavy atom. The van der Waals surface area contributed by atoms with E-state index in [-0.39, 0.29) is 11.7 Å². The Morgan fingerprint density at radius 1 is 1.39 bits per heavy atom. The molecule has 0 bridgehead atoms. The third-order valence-electron chi connectivity index (χ3n) is 2.75. The number of halogens is 3. The molecule has 1 atom stereocenters. The van der Waals surface area contributed by atoms with E-state index in [4.69, 9.17) is 0 Å². The first-order chi connectivity index (χ1) is 8.53. The van der Waals surface area contributed by atoms with Gasteiger partial charge in [-0.2, -0.15) is 13.2 Å². The fourth-order valence-electron chi connectivity index (χ4n) is 1.96. The van der Waals surface area contributed by atoms with Gasteiger partial charge in [-0.25, -0.2) is 9.97 Å². The number of nitrogens with zero attached hydrogens (tertiary/aromatic N) is 2. The van der Waals surface area contributed by atoms with E-state index in [0.29, 0.717) is 5.82 Å². The SMILES string of the molecule is FC(F)(F)Cc1cc(NC2CCCNC2)ncn1. The normalized spacial score (nSPS) is 20.7. The van der Waals surface area contributed by atoms with Crippen LogP contribution < -0.4 is 10.6 Å². The highest BCUT2D eigenvalue weighted by molar-refractivity contribution is 5.36. The zero-order valence-electron chi connectivity index (χ0n) is 9.80. The van der Waals surface area contributed by atoms with Crippen LogP contribution in [0.3, 0.4) is 0 Å². The fourth-order valence-corrected chi connectivity index (χ4v) is 1.96. The lowest BCUT2D eigenvalue weighted by Gasteiger charge is -2.24. The summed E-state index contributed by atoms with van der Waals surface area (Å²) in [6, 6.07) is 1.58. The van der Waals surface area contributed by atoms with Crippen molar-refractivity contribution in [1.29, 1.82) is 0 Å². The summed E-state index contributed by atoms with van der Waals surface area (Å²) in [7, 11) is 0. The maximum Gasteiger partial charge on any atom is 0.394 e. The topological polar surface area (TPSA) is 49.8 Å². The first-order valence-electron chi connectivity index (χ1n) is 5.88. The van der Waals surface area contributed by atoms with Crippen LogP contribution in [0.2, 0.25) is 0 Å². The van der Waals surface area contributed by atoms with Gasteiger partial charge >= 0.3 is 6.18 Å². The van der Waals surface area contributed by atoms with Gasteiger partial charge in [0.2, 0.25) is 0 Å². The number of anilines is 1. The summed E-state index contributed by atoms with van der Waals surface area (Å²) in [4.78, 5) is 7.58. The maximum atomic E-state index is 12.2. The number of nitrogens with one attached hydrogen (secondary N) is 2. The summed E-state index contributed by atoms with van der Waals surface area (Å²) in [5, 5.41) is 6.35. The molecule has 7 heteroatoms. The van der Waals surface area contributed by atoms with Crippen LogP contribution in [-0.2, 0) is 6.42 Å². The van der Waals surface area contributed by atoms with Crippen molar-refractivity contribution in [2.75, 3.05) is 18.4 Å². The monoisotopic (exact) mass is 260 g/mol. The summed E-state index contributed by atoms with van der Waals surface area (Å²) in [5.41, 5.74) is -0.0104. The van der Waals surface area contributed by atoms with Crippen LogP contribution in [-0.4, -0.2) is 35.3 Å². The Bertz CT molecular complexity index is 388. The minimum atomic E-state index is -4.24. The van der Waals surface area contributed by atoms with Crippen LogP contribution in [0.5, 0.6) is 0 Å². The number of aromatic nitrogens is 2. The Hall–Kier alpha value is -1.37. The fraction of sp³-hybridized carbons (Fsp3) is 0.636. The van der Waals surface area contributed by atoms with Gasteiger partial charge in [-0.3, -0.25) is 0 Å². The summed E-state index contributed by atoms with van der Waals surface area (Å²) in [5.74, 6) is 0.456. The van der Waals surface area contributed by atoms with Crippen molar-refractivity contribution < 1.29 is 13.2 Å². The molecule has 0 saturated carbocycles. The average Bonchev–Trinajstić information content (AvgIpc) is 2.28. The minimum absolute atomic E-state index is 0.0104. The Balaban J connectivity index is 1.98. The molecule has 18 heavy (non-hydrogen) atoms. The Morgan fingerprint density at radius 2 is 2.22 bits per heavy atom. The largest absolute Gasteiger partial charge is 0.394 e. The number of piperidine rings is 1. The van der Waals surface area contributed by atoms with Crippen LogP contribution in [0.4, 0.5) is 19.0 Å². The lowest BCUT2D eigenvalue weighted by atomic mass is 10.1. The molecule has 0 aliphatic carbocycles. The van der Waals surface area contributed by atoms with Crippen molar-refractivity contribution in [3.05, 3.63) is 18.1 Å². The molecule has 1 saturated heterocycles. The number of hydrogen-bond donors (Lipinski definition) is 2. The first kappa shape index (κ1) is 13.1. The summed E-state index contributed by atoms with van der Waals surface area (Å²) in [6.07, 6.45) is -2.05. The second-order valence-electron chi connectivity index (χ2n) is 4.37. The molecule has 2 heterocycles. The summed E-state index contributed by atoms with van der Waals surface area (Å²) >= 11 is 0. The average molecular weight is 260 g/mol. The van der Waals surface area contributed by atoms with Crippen LogP contribution in [0.15, 0.2) is 12.4 Å². The van der Waals surface area contributed by atoms with E-state index in [1.807, 2.05) is 0 Å². The van der Waals surface area contributed by atoms with Gasteiger partial charge in [0.25, 0.3) is 0 Å². The molecule has 100 valence electrons. The van der Waals surface area contributed by atoms with E-state index in [1.165, 1.54) is 12.4 Å². The van der Waals surface area contributed by atoms with Gasteiger partial charge in [0, 0.05) is 18.7 Å². The van der Waals surface area contributed by atoms with Gasteiger partial charge in [0.05, 0.1) is 12.1 Å². The third-order valence-corrected chi connectivity index (χ3v) is 2.75. The first-order valence-corrected chi connectivity index (χ1v) is 5.88. The highest BCUT2D eigenvalue weighted by Crippen LogP contribution is 2.21. The van der Waals surface area contributed by atoms with E-state index < -0.39 is 12.6 Å². The predicted molar refractivity (Wildman–Crippen MR) is 61.3 cm³/mol. The third kappa shape index (κ3) is 4.14. The van der Waals surface area contributed by atoms with E-state index in [2.05, 4.69) is 20.6 Å². The zero-order chi connectivity index (χ0) is 13.0. The smallest absolute Gasteiger partial charge is 0.366 e. The zero-order valence-corrected chi connectivity index (χ0v) is 9.80. The van der Waals surface area contributed by atoms with Crippen molar-refractivity contribution in [2.24, 2.45) is 0 Å². The molecule has 0 radical (unpaired) electrons. The number of hydrogen-bond acceptors (Lipinski definition) is 4. The van der Waals surface area contributed by atoms with Crippen molar-refractivity contribution in [3.63, 3.8) is 0 Å². The highest BCUT2D eigenvalue weighted by atomic mass is 19.4. The molecule has 1 aromatic rings. The summed E-state index contributed by atoms with van der Waals surface area (Å²) in [6.45, 7) is 1.79. The second kappa shape index (κ2) is 5.51. The lowest BCUT2D eigenvalue weighted by Crippen LogP contribution is -2.38. The number of rotatable bonds is 3. The van der Waals surface area contributed by atoms with E-state index in [1.54, 1.807) is 0 Å². The molecule has 0 spiro atoms. The van der Waals surface area contributed by atoms with Crippen molar-refractivity contribution in [1.82, 2.24) is 15.3 Å². The molecule has 2 rings (SSSR count). The van der Waals surface area contributed by atoms with Crippen molar-refractivity contribution in [2.45, 2.75) is 31.5 Å². The molecule has 4 nitrogen and oxygen atoms in total. The van der Waals surface area contributed by atoms with Gasteiger partial charge in [-0.15, -0.1) is 0 Å². The molecule has 2 N–H and O–H groups in total. The van der Waals surface area contributed by atoms with E-state index in [0.717, 1.165) is 25.9 Å². The molecule has 1 aliphatic heterocycles. The van der Waals surface area contributed by atoms with Gasteiger partial charge < -0.3 is 10.6 Å². The quantitative estimate of drug-likeness (QED) is 0.869. The molecular weight excluding hydrogens is 245 g/mol. The molecular formula is C11H15F3N4. The molecule has 1 unspecified atom stereocenters. The molecule has 1 fully saturated rings. The van der Waals surface area contributed by atoms with Crippen LogP contribution in [0.1, 0.15) is 18.5 Å². The second-order valence-corrected chi connectivity index (χ2v) is 4.37. The van der Waals surface area contributed by atoms with Crippen molar-refractivity contribution in [3.8, 4) is 0 Å². The molecule has 0 amide bonds. The van der Waals surface area contributed by atoms with Gasteiger partial charge in [0.1, 0.15) is 12.1 Å². The van der Waals surface area contributed by atoms with Gasteiger partial charge in [-0.05, 0) is 19.4 Å². The predicted octanol–water partition coefficient (Wildman–Crippen LogP) is 1.75. The molecule has 1 aliphatic rings. The highest BCUT2D eigenvalue weighted by Gasteiger charge is 2.28. The van der Waals surface area contributed by atoms with Crippen LogP contribution in [0, 0.1) is 0 Å². The minimum Gasteiger partial charge on any atom is -0.366 e. The van der Waals surface area contributed by atoms with Gasteiger partial charge in [-0.1, -0.05) is 0 Å². The van der Waals surface area contributed by atoms with Crippen LogP contribution >= 0.6 is 0 Å². The lowest BCUT2D eigenvalue weighted by molar-refractivity contribution is -0.127. The molecule has 0 aromatic carbocycles. The molecule has 1 aromatic heterocycles. The maximum absolute atomic E-state index is 12.2. The van der Waals surface area contributed by atoms with Gasteiger partial charge in [0.15, 0.2) is 0 Å². The Labute approximate surface area is 103 Å². The van der Waals surface area contributed by atoms with Crippen molar-refractivity contribution >= 4 is 5.82 Å². The van der Waals surface area contributed by atoms with E-state index in [9.17, 15) is 13.2 Å². The van der Waals surface area contributed by atoms with Crippen LogP contribution in [0.25, 0.3) is 0 Å². The summed E-state index contributed by atoms with van der Waals surface area (Å²) < 4.78 is 36.7. The standard InChI is InChI=1S/C11H15F3N4/c12-11(13,14)5-9-4-10(17-7-16-9)18-8-2-1-3-15-6-8/h4,7-8,15H,1-3,5-6H2,(H,16,17,18).